The van der Waals surface area contributed by atoms with Crippen LogP contribution in [0.25, 0.3) is 11.1 Å². The molecular weight excluding hydrogens is 283 g/mol. The van der Waals surface area contributed by atoms with Crippen LogP contribution in [0.3, 0.4) is 0 Å². The van der Waals surface area contributed by atoms with E-state index in [4.69, 9.17) is 5.14 Å². The van der Waals surface area contributed by atoms with Crippen molar-refractivity contribution in [1.29, 1.82) is 0 Å². The van der Waals surface area contributed by atoms with Crippen molar-refractivity contribution in [2.75, 3.05) is 0 Å². The number of hydrogen-bond acceptors (Lipinski definition) is 5. The molecule has 8 nitrogen and oxygen atoms in total. The molecule has 0 aliphatic heterocycles. The van der Waals surface area contributed by atoms with Crippen molar-refractivity contribution < 1.29 is 47.9 Å². The Morgan fingerprint density at radius 1 is 1.47 bits per heavy atom. The number of aromatic carboxylic acids is 1. The third-order valence-corrected chi connectivity index (χ3v) is 3.19. The standard InChI is InChI=1S/C9H10N4O4S.Na/c1-12-5-6(4-11-12)7-2-3-13(18(10,16)17)8(7)9(14)15;/h2-5H,1H3,(H,14,15)(H2,10,16,17);/q;+1/p-1. The number of carboxylic acids is 1. The first kappa shape index (κ1) is 15.9. The monoisotopic (exact) mass is 292 g/mol. The average molecular weight is 292 g/mol. The quantitative estimate of drug-likeness (QED) is 0.569. The van der Waals surface area contributed by atoms with Crippen LogP contribution in [0, 0.1) is 0 Å². The van der Waals surface area contributed by atoms with E-state index in [1.54, 1.807) is 13.2 Å². The minimum atomic E-state index is -4.19. The maximum Gasteiger partial charge on any atom is 1.00 e. The summed E-state index contributed by atoms with van der Waals surface area (Å²) in [6.45, 7) is 0. The van der Waals surface area contributed by atoms with Crippen LogP contribution >= 0.6 is 0 Å². The smallest absolute Gasteiger partial charge is 0.543 e. The first-order chi connectivity index (χ1) is 8.30. The van der Waals surface area contributed by atoms with E-state index >= 15 is 0 Å². The summed E-state index contributed by atoms with van der Waals surface area (Å²) >= 11 is 0. The van der Waals surface area contributed by atoms with Gasteiger partial charge in [-0.2, -0.15) is 13.5 Å². The molecule has 2 aromatic rings. The molecule has 0 atom stereocenters. The minimum absolute atomic E-state index is 0. The van der Waals surface area contributed by atoms with Gasteiger partial charge in [-0.1, -0.05) is 0 Å². The summed E-state index contributed by atoms with van der Waals surface area (Å²) in [5.41, 5.74) is 0.113. The van der Waals surface area contributed by atoms with Crippen LogP contribution < -0.4 is 39.8 Å². The Bertz CT molecular complexity index is 718. The third-order valence-electron chi connectivity index (χ3n) is 2.34. The van der Waals surface area contributed by atoms with Gasteiger partial charge in [0.25, 0.3) is 0 Å². The van der Waals surface area contributed by atoms with Crippen molar-refractivity contribution >= 4 is 16.2 Å². The molecule has 0 unspecified atom stereocenters. The van der Waals surface area contributed by atoms with Gasteiger partial charge in [-0.25, -0.2) is 9.11 Å². The molecule has 0 amide bonds. The summed E-state index contributed by atoms with van der Waals surface area (Å²) in [5.74, 6) is -1.63. The maximum absolute atomic E-state index is 11.2. The van der Waals surface area contributed by atoms with Gasteiger partial charge in [-0.3, -0.25) is 4.68 Å². The zero-order chi connectivity index (χ0) is 13.5. The number of rotatable bonds is 3. The first-order valence-electron chi connectivity index (χ1n) is 4.75. The van der Waals surface area contributed by atoms with Crippen LogP contribution in [0.5, 0.6) is 0 Å². The van der Waals surface area contributed by atoms with Crippen LogP contribution in [0.15, 0.2) is 24.7 Å². The SMILES string of the molecule is Cn1cc(-c2ccn(S(N)(=O)=O)c2C(=O)[O-])cn1.[Na+]. The topological polar surface area (TPSA) is 123 Å². The van der Waals surface area contributed by atoms with E-state index in [2.05, 4.69) is 5.10 Å². The van der Waals surface area contributed by atoms with Gasteiger partial charge in [0, 0.05) is 30.6 Å². The number of aryl methyl sites for hydroxylation is 1. The van der Waals surface area contributed by atoms with E-state index in [9.17, 15) is 18.3 Å². The fraction of sp³-hybridized carbons (Fsp3) is 0.111. The van der Waals surface area contributed by atoms with Gasteiger partial charge in [0.05, 0.1) is 17.9 Å². The summed E-state index contributed by atoms with van der Waals surface area (Å²) in [6, 6.07) is 1.33. The molecule has 0 aliphatic carbocycles. The van der Waals surface area contributed by atoms with E-state index in [-0.39, 0.29) is 35.1 Å². The number of aromatic nitrogens is 3. The maximum atomic E-state index is 11.2. The summed E-state index contributed by atoms with van der Waals surface area (Å²) in [5, 5.41) is 19.8. The molecule has 0 radical (unpaired) electrons. The second-order valence-electron chi connectivity index (χ2n) is 3.61. The summed E-state index contributed by atoms with van der Waals surface area (Å²) in [7, 11) is -2.54. The van der Waals surface area contributed by atoms with Gasteiger partial charge >= 0.3 is 39.8 Å². The van der Waals surface area contributed by atoms with Crippen molar-refractivity contribution in [2.45, 2.75) is 0 Å². The van der Waals surface area contributed by atoms with Gasteiger partial charge in [-0.15, -0.1) is 0 Å². The van der Waals surface area contributed by atoms with Crippen LogP contribution in [0.4, 0.5) is 0 Å². The molecule has 10 heteroatoms. The van der Waals surface area contributed by atoms with Crippen molar-refractivity contribution in [3.8, 4) is 11.1 Å². The molecule has 0 saturated carbocycles. The minimum Gasteiger partial charge on any atom is -0.543 e. The van der Waals surface area contributed by atoms with Crippen LogP contribution in [-0.2, 0) is 17.3 Å². The Balaban J connectivity index is 0.00000180. The first-order valence-corrected chi connectivity index (χ1v) is 6.26. The second-order valence-corrected chi connectivity index (χ2v) is 5.03. The summed E-state index contributed by atoms with van der Waals surface area (Å²) < 4.78 is 24.4. The van der Waals surface area contributed by atoms with Gasteiger partial charge in [-0.05, 0) is 6.07 Å². The molecule has 96 valence electrons. The fourth-order valence-corrected chi connectivity index (χ4v) is 2.28. The molecule has 19 heavy (non-hydrogen) atoms. The van der Waals surface area contributed by atoms with Crippen molar-refractivity contribution in [2.24, 2.45) is 12.2 Å². The van der Waals surface area contributed by atoms with Gasteiger partial charge < -0.3 is 9.90 Å². The normalized spacial score (nSPS) is 11.1. The predicted molar refractivity (Wildman–Crippen MR) is 59.5 cm³/mol. The average Bonchev–Trinajstić information content (AvgIpc) is 2.80. The summed E-state index contributed by atoms with van der Waals surface area (Å²) in [6.07, 6.45) is 4.02. The zero-order valence-corrected chi connectivity index (χ0v) is 13.1. The predicted octanol–water partition coefficient (Wildman–Crippen LogP) is -4.69. The molecule has 0 aromatic carbocycles. The Morgan fingerprint density at radius 2 is 2.11 bits per heavy atom. The zero-order valence-electron chi connectivity index (χ0n) is 10.3. The van der Waals surface area contributed by atoms with E-state index in [1.807, 2.05) is 0 Å². The number of carboxylic acid groups (broad SMARTS) is 1. The second kappa shape index (κ2) is 5.47. The number of nitrogens with two attached hydrogens (primary N) is 1. The largest absolute Gasteiger partial charge is 1.00 e. The van der Waals surface area contributed by atoms with Crippen molar-refractivity contribution in [3.05, 3.63) is 30.4 Å². The van der Waals surface area contributed by atoms with Gasteiger partial charge in [0.1, 0.15) is 0 Å². The van der Waals surface area contributed by atoms with Crippen molar-refractivity contribution in [3.63, 3.8) is 0 Å². The Labute approximate surface area is 131 Å². The molecular formula is C9H9N4NaO4S. The van der Waals surface area contributed by atoms with Crippen LogP contribution in [-0.4, -0.2) is 28.1 Å². The fourth-order valence-electron chi connectivity index (χ4n) is 1.62. The number of carbonyl (C=O) groups excluding carboxylic acids is 1. The number of hydrogen-bond donors (Lipinski definition) is 1. The number of nitrogens with zero attached hydrogens (tertiary/aromatic N) is 3. The molecule has 0 aliphatic rings. The van der Waals surface area contributed by atoms with E-state index in [0.717, 1.165) is 6.20 Å². The molecule has 0 fully saturated rings. The van der Waals surface area contributed by atoms with Crippen LogP contribution in [0.2, 0.25) is 0 Å². The van der Waals surface area contributed by atoms with Crippen molar-refractivity contribution in [1.82, 2.24) is 13.8 Å². The molecule has 2 heterocycles. The van der Waals surface area contributed by atoms with E-state index in [0.29, 0.717) is 9.54 Å². The molecule has 2 aromatic heterocycles. The Hall–Kier alpha value is -1.13. The van der Waals surface area contributed by atoms with E-state index in [1.165, 1.54) is 16.9 Å². The molecule has 0 saturated heterocycles. The Morgan fingerprint density at radius 3 is 2.53 bits per heavy atom. The summed E-state index contributed by atoms with van der Waals surface area (Å²) in [4.78, 5) is 11.1. The molecule has 0 spiro atoms. The third kappa shape index (κ3) is 3.07. The number of carbonyl (C=O) groups is 1. The van der Waals surface area contributed by atoms with Crippen LogP contribution in [0.1, 0.15) is 10.5 Å². The van der Waals surface area contributed by atoms with Gasteiger partial charge in [0.15, 0.2) is 0 Å². The van der Waals surface area contributed by atoms with E-state index < -0.39 is 21.9 Å². The molecule has 2 N–H and O–H groups in total. The molecule has 2 rings (SSSR count). The Kier molecular flexibility index (Phi) is 4.59. The molecule has 0 bridgehead atoms. The van der Waals surface area contributed by atoms with Gasteiger partial charge in [0.2, 0.25) is 0 Å².